The summed E-state index contributed by atoms with van der Waals surface area (Å²) in [5.74, 6) is 0.609. The standard InChI is InChI=1S/C11H20N2O3S/c1-12-10-2-4-13(7-10)11(14)6-9-3-5-17(15,16)8-9/h9-10,12H,2-8H2,1H3. The van der Waals surface area contributed by atoms with Gasteiger partial charge in [-0.15, -0.1) is 0 Å². The molecule has 2 aliphatic rings. The number of carbonyl (C=O) groups excluding carboxylic acids is 1. The first kappa shape index (κ1) is 12.8. The van der Waals surface area contributed by atoms with E-state index in [4.69, 9.17) is 0 Å². The number of hydrogen-bond donors (Lipinski definition) is 1. The van der Waals surface area contributed by atoms with E-state index in [0.717, 1.165) is 19.5 Å². The lowest BCUT2D eigenvalue weighted by Crippen LogP contribution is -2.34. The van der Waals surface area contributed by atoms with E-state index in [1.54, 1.807) is 0 Å². The maximum absolute atomic E-state index is 12.0. The van der Waals surface area contributed by atoms with E-state index >= 15 is 0 Å². The summed E-state index contributed by atoms with van der Waals surface area (Å²) in [4.78, 5) is 13.8. The Bertz CT molecular complexity index is 394. The summed E-state index contributed by atoms with van der Waals surface area (Å²) in [6, 6.07) is 0.395. The topological polar surface area (TPSA) is 66.5 Å². The molecule has 0 aromatic carbocycles. The molecule has 0 bridgehead atoms. The third-order valence-electron chi connectivity index (χ3n) is 3.74. The van der Waals surface area contributed by atoms with Crippen LogP contribution in [-0.2, 0) is 14.6 Å². The lowest BCUT2D eigenvalue weighted by Gasteiger charge is -2.18. The molecule has 0 radical (unpaired) electrons. The van der Waals surface area contributed by atoms with Crippen molar-refractivity contribution in [2.24, 2.45) is 5.92 Å². The van der Waals surface area contributed by atoms with Gasteiger partial charge in [0.15, 0.2) is 9.84 Å². The van der Waals surface area contributed by atoms with Crippen LogP contribution in [-0.4, -0.2) is 56.9 Å². The summed E-state index contributed by atoms with van der Waals surface area (Å²) in [7, 11) is -0.958. The van der Waals surface area contributed by atoms with E-state index in [1.807, 2.05) is 11.9 Å². The second kappa shape index (κ2) is 4.94. The van der Waals surface area contributed by atoms with Gasteiger partial charge in [0, 0.05) is 25.6 Å². The smallest absolute Gasteiger partial charge is 0.222 e. The summed E-state index contributed by atoms with van der Waals surface area (Å²) in [6.45, 7) is 1.55. The number of nitrogens with one attached hydrogen (secondary N) is 1. The molecule has 0 spiro atoms. The summed E-state index contributed by atoms with van der Waals surface area (Å²) < 4.78 is 22.6. The highest BCUT2D eigenvalue weighted by molar-refractivity contribution is 7.91. The molecule has 5 nitrogen and oxygen atoms in total. The molecule has 0 aliphatic carbocycles. The van der Waals surface area contributed by atoms with Crippen LogP contribution in [0.15, 0.2) is 0 Å². The first-order chi connectivity index (χ1) is 8.00. The van der Waals surface area contributed by atoms with Crippen LogP contribution >= 0.6 is 0 Å². The Hall–Kier alpha value is -0.620. The Kier molecular flexibility index (Phi) is 3.73. The predicted octanol–water partition coefficient (Wildman–Crippen LogP) is -0.368. The molecule has 2 unspecified atom stereocenters. The van der Waals surface area contributed by atoms with Crippen LogP contribution in [0.1, 0.15) is 19.3 Å². The van der Waals surface area contributed by atoms with E-state index in [0.29, 0.717) is 18.9 Å². The zero-order valence-electron chi connectivity index (χ0n) is 10.2. The molecular weight excluding hydrogens is 240 g/mol. The Labute approximate surface area is 102 Å². The van der Waals surface area contributed by atoms with Crippen LogP contribution < -0.4 is 5.32 Å². The van der Waals surface area contributed by atoms with Gasteiger partial charge < -0.3 is 10.2 Å². The molecule has 0 aromatic heterocycles. The molecule has 98 valence electrons. The fourth-order valence-electron chi connectivity index (χ4n) is 2.63. The van der Waals surface area contributed by atoms with E-state index in [2.05, 4.69) is 5.32 Å². The van der Waals surface area contributed by atoms with Crippen molar-refractivity contribution >= 4 is 15.7 Å². The molecule has 17 heavy (non-hydrogen) atoms. The lowest BCUT2D eigenvalue weighted by atomic mass is 10.0. The van der Waals surface area contributed by atoms with Crippen molar-refractivity contribution in [3.63, 3.8) is 0 Å². The quantitative estimate of drug-likeness (QED) is 0.752. The average Bonchev–Trinajstić information content (AvgIpc) is 2.85. The van der Waals surface area contributed by atoms with Gasteiger partial charge in [0.1, 0.15) is 0 Å². The Morgan fingerprint density at radius 2 is 2.18 bits per heavy atom. The van der Waals surface area contributed by atoms with E-state index in [1.165, 1.54) is 0 Å². The van der Waals surface area contributed by atoms with Crippen LogP contribution in [0.25, 0.3) is 0 Å². The van der Waals surface area contributed by atoms with Gasteiger partial charge in [0.05, 0.1) is 11.5 Å². The molecule has 2 rings (SSSR count). The van der Waals surface area contributed by atoms with Gasteiger partial charge in [0.2, 0.25) is 5.91 Å². The number of amides is 1. The van der Waals surface area contributed by atoms with Gasteiger partial charge in [-0.1, -0.05) is 0 Å². The highest BCUT2D eigenvalue weighted by atomic mass is 32.2. The monoisotopic (exact) mass is 260 g/mol. The average molecular weight is 260 g/mol. The molecule has 1 N–H and O–H groups in total. The minimum atomic E-state index is -2.86. The van der Waals surface area contributed by atoms with Crippen molar-refractivity contribution in [1.82, 2.24) is 10.2 Å². The molecule has 6 heteroatoms. The van der Waals surface area contributed by atoms with Gasteiger partial charge >= 0.3 is 0 Å². The first-order valence-corrected chi connectivity index (χ1v) is 7.98. The normalized spacial score (nSPS) is 31.9. The Morgan fingerprint density at radius 1 is 1.41 bits per heavy atom. The van der Waals surface area contributed by atoms with Crippen LogP contribution in [0, 0.1) is 5.92 Å². The zero-order valence-corrected chi connectivity index (χ0v) is 11.0. The van der Waals surface area contributed by atoms with Gasteiger partial charge in [-0.05, 0) is 25.8 Å². The molecule has 2 atom stereocenters. The van der Waals surface area contributed by atoms with Gasteiger partial charge in [0.25, 0.3) is 0 Å². The van der Waals surface area contributed by atoms with E-state index < -0.39 is 9.84 Å². The largest absolute Gasteiger partial charge is 0.341 e. The first-order valence-electron chi connectivity index (χ1n) is 6.15. The summed E-state index contributed by atoms with van der Waals surface area (Å²) in [5, 5.41) is 3.17. The fourth-order valence-corrected chi connectivity index (χ4v) is 4.49. The van der Waals surface area contributed by atoms with Crippen molar-refractivity contribution < 1.29 is 13.2 Å². The summed E-state index contributed by atoms with van der Waals surface area (Å²) >= 11 is 0. The number of nitrogens with zero attached hydrogens (tertiary/aromatic N) is 1. The van der Waals surface area contributed by atoms with Crippen molar-refractivity contribution in [2.75, 3.05) is 31.6 Å². The summed E-state index contributed by atoms with van der Waals surface area (Å²) in [5.41, 5.74) is 0. The van der Waals surface area contributed by atoms with Crippen molar-refractivity contribution in [3.05, 3.63) is 0 Å². The van der Waals surface area contributed by atoms with Crippen molar-refractivity contribution in [3.8, 4) is 0 Å². The van der Waals surface area contributed by atoms with Crippen LogP contribution in [0.2, 0.25) is 0 Å². The SMILES string of the molecule is CNC1CCN(C(=O)CC2CCS(=O)(=O)C2)C1. The van der Waals surface area contributed by atoms with E-state index in [9.17, 15) is 13.2 Å². The second-order valence-electron chi connectivity index (χ2n) is 5.09. The Balaban J connectivity index is 1.82. The highest BCUT2D eigenvalue weighted by Gasteiger charge is 2.32. The molecule has 2 aliphatic heterocycles. The number of hydrogen-bond acceptors (Lipinski definition) is 4. The second-order valence-corrected chi connectivity index (χ2v) is 7.32. The maximum Gasteiger partial charge on any atom is 0.222 e. The maximum atomic E-state index is 12.0. The predicted molar refractivity (Wildman–Crippen MR) is 65.4 cm³/mol. The van der Waals surface area contributed by atoms with Crippen LogP contribution in [0.5, 0.6) is 0 Å². The number of carbonyl (C=O) groups is 1. The molecule has 1 amide bonds. The van der Waals surface area contributed by atoms with Gasteiger partial charge in [-0.3, -0.25) is 4.79 Å². The minimum Gasteiger partial charge on any atom is -0.341 e. The number of likely N-dealkylation sites (N-methyl/N-ethyl adjacent to an activating group) is 1. The van der Waals surface area contributed by atoms with E-state index in [-0.39, 0.29) is 23.3 Å². The van der Waals surface area contributed by atoms with Gasteiger partial charge in [-0.25, -0.2) is 8.42 Å². The molecule has 2 fully saturated rings. The molecule has 2 heterocycles. The zero-order chi connectivity index (χ0) is 12.5. The molecule has 2 saturated heterocycles. The molecule has 0 aromatic rings. The van der Waals surface area contributed by atoms with Crippen molar-refractivity contribution in [2.45, 2.75) is 25.3 Å². The molecular formula is C11H20N2O3S. The summed E-state index contributed by atoms with van der Waals surface area (Å²) in [6.07, 6.45) is 2.04. The van der Waals surface area contributed by atoms with Crippen LogP contribution in [0.4, 0.5) is 0 Å². The third-order valence-corrected chi connectivity index (χ3v) is 5.58. The third kappa shape index (κ3) is 3.19. The van der Waals surface area contributed by atoms with Crippen molar-refractivity contribution in [1.29, 1.82) is 0 Å². The van der Waals surface area contributed by atoms with Gasteiger partial charge in [-0.2, -0.15) is 0 Å². The minimum absolute atomic E-state index is 0.0427. The number of rotatable bonds is 3. The Morgan fingerprint density at radius 3 is 2.71 bits per heavy atom. The number of sulfone groups is 1. The lowest BCUT2D eigenvalue weighted by molar-refractivity contribution is -0.131. The molecule has 0 saturated carbocycles. The fraction of sp³-hybridized carbons (Fsp3) is 0.909. The van der Waals surface area contributed by atoms with Crippen LogP contribution in [0.3, 0.4) is 0 Å². The number of likely N-dealkylation sites (tertiary alicyclic amines) is 1. The highest BCUT2D eigenvalue weighted by Crippen LogP contribution is 2.23.